The van der Waals surface area contributed by atoms with Crippen LogP contribution < -0.4 is 4.74 Å². The summed E-state index contributed by atoms with van der Waals surface area (Å²) in [5, 5.41) is 8.92. The van der Waals surface area contributed by atoms with Gasteiger partial charge in [-0.15, -0.1) is 12.6 Å². The molecular formula is C17H26O3S. The number of benzene rings is 1. The molecule has 0 saturated carbocycles. The van der Waals surface area contributed by atoms with Crippen molar-refractivity contribution in [3.63, 3.8) is 0 Å². The molecule has 0 heterocycles. The molecule has 0 aromatic heterocycles. The molecule has 0 bridgehead atoms. The van der Waals surface area contributed by atoms with Gasteiger partial charge in [0.15, 0.2) is 0 Å². The van der Waals surface area contributed by atoms with Crippen LogP contribution >= 0.6 is 12.6 Å². The number of carboxylic acid groups (broad SMARTS) is 1. The smallest absolute Gasteiger partial charge is 0.336 e. The van der Waals surface area contributed by atoms with Crippen molar-refractivity contribution in [2.75, 3.05) is 6.61 Å². The SMILES string of the molecule is CCCCCCCCCCOc1ccc(C(=O)O)c(S)c1. The van der Waals surface area contributed by atoms with E-state index in [-0.39, 0.29) is 5.56 Å². The van der Waals surface area contributed by atoms with E-state index in [9.17, 15) is 4.79 Å². The van der Waals surface area contributed by atoms with Crippen LogP contribution in [0.4, 0.5) is 0 Å². The Kier molecular flexibility index (Phi) is 8.99. The van der Waals surface area contributed by atoms with E-state index < -0.39 is 5.97 Å². The third-order valence-electron chi connectivity index (χ3n) is 3.47. The number of hydrogen-bond acceptors (Lipinski definition) is 3. The predicted octanol–water partition coefficient (Wildman–Crippen LogP) is 5.19. The highest BCUT2D eigenvalue weighted by Gasteiger charge is 2.08. The Bertz CT molecular complexity index is 432. The number of carboxylic acids is 1. The second-order valence-electron chi connectivity index (χ2n) is 5.31. The molecule has 1 aromatic carbocycles. The van der Waals surface area contributed by atoms with Gasteiger partial charge in [0.1, 0.15) is 5.75 Å². The molecule has 1 rings (SSSR count). The zero-order valence-electron chi connectivity index (χ0n) is 12.8. The van der Waals surface area contributed by atoms with Crippen molar-refractivity contribution in [3.8, 4) is 5.75 Å². The Labute approximate surface area is 133 Å². The molecule has 0 unspecified atom stereocenters. The molecule has 21 heavy (non-hydrogen) atoms. The summed E-state index contributed by atoms with van der Waals surface area (Å²) < 4.78 is 5.62. The fourth-order valence-electron chi connectivity index (χ4n) is 2.21. The van der Waals surface area contributed by atoms with Crippen LogP contribution in [-0.4, -0.2) is 17.7 Å². The van der Waals surface area contributed by atoms with E-state index in [0.29, 0.717) is 17.3 Å². The molecule has 0 fully saturated rings. The second-order valence-corrected chi connectivity index (χ2v) is 5.79. The lowest BCUT2D eigenvalue weighted by Gasteiger charge is -2.08. The third kappa shape index (κ3) is 7.42. The van der Waals surface area contributed by atoms with Crippen LogP contribution in [0.25, 0.3) is 0 Å². The lowest BCUT2D eigenvalue weighted by Crippen LogP contribution is -2.00. The molecule has 0 aliphatic rings. The quantitative estimate of drug-likeness (QED) is 0.436. The van der Waals surface area contributed by atoms with Crippen LogP contribution in [0.3, 0.4) is 0 Å². The number of thiol groups is 1. The van der Waals surface area contributed by atoms with E-state index in [1.165, 1.54) is 51.0 Å². The first-order valence-corrected chi connectivity index (χ1v) is 8.29. The van der Waals surface area contributed by atoms with Crippen LogP contribution in [0, 0.1) is 0 Å². The van der Waals surface area contributed by atoms with Gasteiger partial charge in [-0.3, -0.25) is 0 Å². The van der Waals surface area contributed by atoms with Crippen molar-refractivity contribution < 1.29 is 14.6 Å². The lowest BCUT2D eigenvalue weighted by atomic mass is 10.1. The third-order valence-corrected chi connectivity index (χ3v) is 3.84. The van der Waals surface area contributed by atoms with Gasteiger partial charge in [-0.05, 0) is 24.6 Å². The van der Waals surface area contributed by atoms with Gasteiger partial charge in [-0.1, -0.05) is 51.9 Å². The van der Waals surface area contributed by atoms with E-state index in [1.54, 1.807) is 12.1 Å². The van der Waals surface area contributed by atoms with Gasteiger partial charge in [0.25, 0.3) is 0 Å². The van der Waals surface area contributed by atoms with Crippen molar-refractivity contribution >= 4 is 18.6 Å². The minimum atomic E-state index is -0.963. The van der Waals surface area contributed by atoms with E-state index in [0.717, 1.165) is 6.42 Å². The maximum absolute atomic E-state index is 10.9. The summed E-state index contributed by atoms with van der Waals surface area (Å²) >= 11 is 4.17. The van der Waals surface area contributed by atoms with Gasteiger partial charge in [0.05, 0.1) is 12.2 Å². The molecule has 3 nitrogen and oxygen atoms in total. The zero-order valence-corrected chi connectivity index (χ0v) is 13.7. The Morgan fingerprint density at radius 2 is 1.71 bits per heavy atom. The van der Waals surface area contributed by atoms with E-state index in [2.05, 4.69) is 19.6 Å². The first-order chi connectivity index (χ1) is 10.1. The number of hydrogen-bond donors (Lipinski definition) is 2. The lowest BCUT2D eigenvalue weighted by molar-refractivity contribution is 0.0693. The summed E-state index contributed by atoms with van der Waals surface area (Å²) in [4.78, 5) is 11.3. The molecule has 0 aliphatic carbocycles. The number of rotatable bonds is 11. The van der Waals surface area contributed by atoms with Crippen molar-refractivity contribution in [1.29, 1.82) is 0 Å². The van der Waals surface area contributed by atoms with Crippen LogP contribution in [0.5, 0.6) is 5.75 Å². The molecule has 0 amide bonds. The molecule has 1 N–H and O–H groups in total. The van der Waals surface area contributed by atoms with Crippen molar-refractivity contribution in [3.05, 3.63) is 23.8 Å². The summed E-state index contributed by atoms with van der Waals surface area (Å²) in [6.07, 6.45) is 10.1. The Morgan fingerprint density at radius 3 is 2.29 bits per heavy atom. The molecule has 1 aromatic rings. The average Bonchev–Trinajstić information content (AvgIpc) is 2.45. The summed E-state index contributed by atoms with van der Waals surface area (Å²) in [6.45, 7) is 2.91. The maximum atomic E-state index is 10.9. The van der Waals surface area contributed by atoms with Gasteiger partial charge >= 0.3 is 5.97 Å². The Hall–Kier alpha value is -1.16. The standard InChI is InChI=1S/C17H26O3S/c1-2-3-4-5-6-7-8-9-12-20-14-10-11-15(17(18)19)16(21)13-14/h10-11,13,21H,2-9,12H2,1H3,(H,18,19). The topological polar surface area (TPSA) is 46.5 Å². The number of ether oxygens (including phenoxy) is 1. The molecule has 0 aliphatic heterocycles. The van der Waals surface area contributed by atoms with Crippen molar-refractivity contribution in [2.24, 2.45) is 0 Å². The summed E-state index contributed by atoms with van der Waals surface area (Å²) in [5.74, 6) is -0.275. The summed E-state index contributed by atoms with van der Waals surface area (Å²) in [7, 11) is 0. The molecule has 0 spiro atoms. The number of unbranched alkanes of at least 4 members (excludes halogenated alkanes) is 7. The molecule has 4 heteroatoms. The molecule has 0 radical (unpaired) electrons. The minimum Gasteiger partial charge on any atom is -0.494 e. The molecule has 0 atom stereocenters. The predicted molar refractivity (Wildman–Crippen MR) is 88.8 cm³/mol. The Balaban J connectivity index is 2.13. The van der Waals surface area contributed by atoms with Crippen molar-refractivity contribution in [1.82, 2.24) is 0 Å². The van der Waals surface area contributed by atoms with Gasteiger partial charge in [-0.25, -0.2) is 4.79 Å². The minimum absolute atomic E-state index is 0.206. The normalized spacial score (nSPS) is 10.6. The van der Waals surface area contributed by atoms with Crippen LogP contribution in [-0.2, 0) is 0 Å². The molecule has 0 saturated heterocycles. The average molecular weight is 310 g/mol. The number of aromatic carboxylic acids is 1. The first-order valence-electron chi connectivity index (χ1n) is 7.84. The monoisotopic (exact) mass is 310 g/mol. The fraction of sp³-hybridized carbons (Fsp3) is 0.588. The van der Waals surface area contributed by atoms with E-state index >= 15 is 0 Å². The maximum Gasteiger partial charge on any atom is 0.336 e. The molecule has 118 valence electrons. The molecular weight excluding hydrogens is 284 g/mol. The number of carbonyl (C=O) groups is 1. The summed E-state index contributed by atoms with van der Waals surface area (Å²) in [5.41, 5.74) is 0.206. The summed E-state index contributed by atoms with van der Waals surface area (Å²) in [6, 6.07) is 4.89. The zero-order chi connectivity index (χ0) is 15.5. The van der Waals surface area contributed by atoms with Crippen LogP contribution in [0.1, 0.15) is 68.6 Å². The highest BCUT2D eigenvalue weighted by Crippen LogP contribution is 2.21. The largest absolute Gasteiger partial charge is 0.494 e. The van der Waals surface area contributed by atoms with E-state index in [4.69, 9.17) is 9.84 Å². The van der Waals surface area contributed by atoms with Gasteiger partial charge < -0.3 is 9.84 Å². The van der Waals surface area contributed by atoms with Gasteiger partial charge in [-0.2, -0.15) is 0 Å². The van der Waals surface area contributed by atoms with Gasteiger partial charge in [0, 0.05) is 4.90 Å². The van der Waals surface area contributed by atoms with E-state index in [1.807, 2.05) is 0 Å². The van der Waals surface area contributed by atoms with Gasteiger partial charge in [0.2, 0.25) is 0 Å². The highest BCUT2D eigenvalue weighted by molar-refractivity contribution is 7.80. The highest BCUT2D eigenvalue weighted by atomic mass is 32.1. The fourth-order valence-corrected chi connectivity index (χ4v) is 2.51. The second kappa shape index (κ2) is 10.6. The Morgan fingerprint density at radius 1 is 1.10 bits per heavy atom. The van der Waals surface area contributed by atoms with Crippen molar-refractivity contribution in [2.45, 2.75) is 63.2 Å². The first kappa shape index (κ1) is 17.9. The van der Waals surface area contributed by atoms with Crippen LogP contribution in [0.15, 0.2) is 23.1 Å². The van der Waals surface area contributed by atoms with Crippen LogP contribution in [0.2, 0.25) is 0 Å².